The van der Waals surface area contributed by atoms with Crippen LogP contribution in [-0.4, -0.2) is 26.2 Å². The number of ether oxygens (including phenoxy) is 1. The minimum Gasteiger partial charge on any atom is -0.503 e. The van der Waals surface area contributed by atoms with Gasteiger partial charge < -0.3 is 14.4 Å². The third kappa shape index (κ3) is 3.80. The van der Waals surface area contributed by atoms with Crippen LogP contribution in [0.1, 0.15) is 29.0 Å². The summed E-state index contributed by atoms with van der Waals surface area (Å²) in [5.41, 5.74) is 4.76. The Morgan fingerprint density at radius 2 is 2.07 bits per heavy atom. The van der Waals surface area contributed by atoms with Crippen molar-refractivity contribution in [3.05, 3.63) is 68.3 Å². The number of benzene rings is 2. The predicted molar refractivity (Wildman–Crippen MR) is 122 cm³/mol. The Kier molecular flexibility index (Phi) is 5.43. The molecule has 5 nitrogen and oxygen atoms in total. The highest BCUT2D eigenvalue weighted by atomic mass is 79.9. The van der Waals surface area contributed by atoms with Gasteiger partial charge in [-0.05, 0) is 65.7 Å². The fourth-order valence-corrected chi connectivity index (χ4v) is 4.46. The summed E-state index contributed by atoms with van der Waals surface area (Å²) in [5.74, 6) is 1.37. The Morgan fingerprint density at radius 3 is 2.76 bits per heavy atom. The van der Waals surface area contributed by atoms with Crippen molar-refractivity contribution in [3.8, 4) is 11.5 Å². The van der Waals surface area contributed by atoms with Crippen molar-refractivity contribution >= 4 is 49.9 Å². The SMILES string of the molecule is CCOc1cc(C=C(c2nc(C)cs2)c2nc3ccccc3n2C)cc(Br)c1O. The number of phenols is 1. The number of aryl methyl sites for hydroxylation is 2. The smallest absolute Gasteiger partial charge is 0.172 e. The van der Waals surface area contributed by atoms with Crippen LogP contribution in [-0.2, 0) is 7.05 Å². The quantitative estimate of drug-likeness (QED) is 0.401. The fraction of sp³-hybridized carbons (Fsp3) is 0.182. The van der Waals surface area contributed by atoms with Gasteiger partial charge >= 0.3 is 0 Å². The Hall–Kier alpha value is -2.64. The van der Waals surface area contributed by atoms with Crippen LogP contribution in [0.15, 0.2) is 46.3 Å². The van der Waals surface area contributed by atoms with Gasteiger partial charge in [-0.25, -0.2) is 9.97 Å². The van der Waals surface area contributed by atoms with Crippen molar-refractivity contribution in [2.45, 2.75) is 13.8 Å². The van der Waals surface area contributed by atoms with Crippen molar-refractivity contribution in [2.75, 3.05) is 6.61 Å². The zero-order chi connectivity index (χ0) is 20.5. The van der Waals surface area contributed by atoms with Gasteiger partial charge in [-0.15, -0.1) is 11.3 Å². The second-order valence-electron chi connectivity index (χ2n) is 6.62. The van der Waals surface area contributed by atoms with E-state index in [1.807, 2.05) is 62.7 Å². The molecule has 0 saturated heterocycles. The van der Waals surface area contributed by atoms with Crippen LogP contribution in [0.3, 0.4) is 0 Å². The molecule has 0 amide bonds. The van der Waals surface area contributed by atoms with E-state index in [1.165, 1.54) is 0 Å². The molecule has 29 heavy (non-hydrogen) atoms. The van der Waals surface area contributed by atoms with E-state index < -0.39 is 0 Å². The molecule has 4 rings (SSSR count). The lowest BCUT2D eigenvalue weighted by Gasteiger charge is -2.10. The highest BCUT2D eigenvalue weighted by Crippen LogP contribution is 2.37. The Labute approximate surface area is 181 Å². The zero-order valence-corrected chi connectivity index (χ0v) is 18.7. The number of imidazole rings is 1. The number of fused-ring (bicyclic) bond motifs is 1. The summed E-state index contributed by atoms with van der Waals surface area (Å²) in [6.07, 6.45) is 2.03. The van der Waals surface area contributed by atoms with Gasteiger partial charge in [0, 0.05) is 18.1 Å². The lowest BCUT2D eigenvalue weighted by molar-refractivity contribution is 0.317. The molecule has 0 aliphatic rings. The first-order valence-corrected chi connectivity index (χ1v) is 10.9. The monoisotopic (exact) mass is 469 g/mol. The van der Waals surface area contributed by atoms with Crippen molar-refractivity contribution in [1.29, 1.82) is 0 Å². The van der Waals surface area contributed by atoms with Crippen LogP contribution in [0.5, 0.6) is 11.5 Å². The van der Waals surface area contributed by atoms with Crippen LogP contribution in [0.25, 0.3) is 22.7 Å². The lowest BCUT2D eigenvalue weighted by Crippen LogP contribution is -1.99. The number of para-hydroxylation sites is 2. The van der Waals surface area contributed by atoms with Crippen LogP contribution < -0.4 is 4.74 Å². The number of aromatic hydroxyl groups is 1. The maximum absolute atomic E-state index is 10.2. The van der Waals surface area contributed by atoms with Gasteiger partial charge in [-0.1, -0.05) is 12.1 Å². The number of thiazole rings is 1. The minimum atomic E-state index is 0.0957. The third-order valence-electron chi connectivity index (χ3n) is 4.54. The van der Waals surface area contributed by atoms with E-state index in [9.17, 15) is 5.11 Å². The number of hydrogen-bond acceptors (Lipinski definition) is 5. The standard InChI is InChI=1S/C22H20BrN3O2S/c1-4-28-19-11-14(10-16(23)20(19)27)9-15(22-24-13(2)12-29-22)21-25-17-7-5-6-8-18(17)26(21)3/h5-12,27H,4H2,1-3H3. The van der Waals surface area contributed by atoms with Crippen LogP contribution in [0, 0.1) is 6.92 Å². The van der Waals surface area contributed by atoms with Crippen molar-refractivity contribution in [3.63, 3.8) is 0 Å². The number of hydrogen-bond donors (Lipinski definition) is 1. The normalized spacial score (nSPS) is 11.9. The summed E-state index contributed by atoms with van der Waals surface area (Å²) in [6, 6.07) is 11.8. The predicted octanol–water partition coefficient (Wildman–Crippen LogP) is 5.79. The number of phenolic OH excluding ortho intramolecular Hbond substituents is 1. The molecular formula is C22H20BrN3O2S. The topological polar surface area (TPSA) is 60.2 Å². The summed E-state index contributed by atoms with van der Waals surface area (Å²) in [6.45, 7) is 4.34. The Bertz CT molecular complexity index is 1230. The average molecular weight is 470 g/mol. The van der Waals surface area contributed by atoms with E-state index in [-0.39, 0.29) is 5.75 Å². The number of rotatable bonds is 5. The van der Waals surface area contributed by atoms with E-state index in [4.69, 9.17) is 14.7 Å². The van der Waals surface area contributed by atoms with Crippen LogP contribution in [0.2, 0.25) is 0 Å². The van der Waals surface area contributed by atoms with Gasteiger partial charge in [0.15, 0.2) is 11.5 Å². The molecule has 2 aromatic heterocycles. The highest BCUT2D eigenvalue weighted by Gasteiger charge is 2.18. The molecule has 0 radical (unpaired) electrons. The molecule has 2 heterocycles. The molecule has 0 fully saturated rings. The van der Waals surface area contributed by atoms with E-state index in [0.29, 0.717) is 16.8 Å². The second-order valence-corrected chi connectivity index (χ2v) is 8.33. The second kappa shape index (κ2) is 8.00. The summed E-state index contributed by atoms with van der Waals surface area (Å²) < 4.78 is 8.24. The number of aromatic nitrogens is 3. The molecular weight excluding hydrogens is 450 g/mol. The van der Waals surface area contributed by atoms with Crippen molar-refractivity contribution in [2.24, 2.45) is 7.05 Å². The Morgan fingerprint density at radius 1 is 1.28 bits per heavy atom. The number of halogens is 1. The lowest BCUT2D eigenvalue weighted by atomic mass is 10.1. The maximum atomic E-state index is 10.2. The van der Waals surface area contributed by atoms with E-state index in [1.54, 1.807) is 11.3 Å². The molecule has 1 N–H and O–H groups in total. The summed E-state index contributed by atoms with van der Waals surface area (Å²) in [7, 11) is 2.01. The van der Waals surface area contributed by atoms with Gasteiger partial charge in [-0.3, -0.25) is 0 Å². The summed E-state index contributed by atoms with van der Waals surface area (Å²) in [4.78, 5) is 9.56. The van der Waals surface area contributed by atoms with Crippen LogP contribution >= 0.6 is 27.3 Å². The molecule has 0 unspecified atom stereocenters. The maximum Gasteiger partial charge on any atom is 0.172 e. The molecule has 0 spiro atoms. The summed E-state index contributed by atoms with van der Waals surface area (Å²) >= 11 is 5.01. The zero-order valence-electron chi connectivity index (χ0n) is 16.3. The average Bonchev–Trinajstić information content (AvgIpc) is 3.28. The third-order valence-corrected chi connectivity index (χ3v) is 6.14. The molecule has 7 heteroatoms. The molecule has 0 bridgehead atoms. The van der Waals surface area contributed by atoms with Gasteiger partial charge in [-0.2, -0.15) is 0 Å². The Balaban J connectivity index is 1.93. The van der Waals surface area contributed by atoms with E-state index >= 15 is 0 Å². The summed E-state index contributed by atoms with van der Waals surface area (Å²) in [5, 5.41) is 13.2. The molecule has 0 aliphatic carbocycles. The molecule has 148 valence electrons. The van der Waals surface area contributed by atoms with E-state index in [0.717, 1.165) is 38.7 Å². The van der Waals surface area contributed by atoms with Gasteiger partial charge in [0.25, 0.3) is 0 Å². The molecule has 2 aromatic carbocycles. The van der Waals surface area contributed by atoms with Crippen molar-refractivity contribution < 1.29 is 9.84 Å². The van der Waals surface area contributed by atoms with Crippen molar-refractivity contribution in [1.82, 2.24) is 14.5 Å². The first-order valence-electron chi connectivity index (χ1n) is 9.19. The molecule has 0 saturated carbocycles. The highest BCUT2D eigenvalue weighted by molar-refractivity contribution is 9.10. The molecule has 4 aromatic rings. The molecule has 0 aliphatic heterocycles. The molecule has 0 atom stereocenters. The van der Waals surface area contributed by atoms with Gasteiger partial charge in [0.2, 0.25) is 0 Å². The first kappa shape index (κ1) is 19.7. The van der Waals surface area contributed by atoms with Crippen LogP contribution in [0.4, 0.5) is 0 Å². The van der Waals surface area contributed by atoms with E-state index in [2.05, 4.69) is 26.6 Å². The fourth-order valence-electron chi connectivity index (χ4n) is 3.20. The van der Waals surface area contributed by atoms with Gasteiger partial charge in [0.1, 0.15) is 10.8 Å². The largest absolute Gasteiger partial charge is 0.503 e. The first-order chi connectivity index (χ1) is 14.0. The minimum absolute atomic E-state index is 0.0957. The number of nitrogens with zero attached hydrogens (tertiary/aromatic N) is 3. The van der Waals surface area contributed by atoms with Gasteiger partial charge in [0.05, 0.1) is 27.7 Å².